The van der Waals surface area contributed by atoms with Gasteiger partial charge in [0.2, 0.25) is 15.9 Å². The third-order valence-electron chi connectivity index (χ3n) is 4.81. The minimum Gasteiger partial charge on any atom is -0.325 e. The van der Waals surface area contributed by atoms with Gasteiger partial charge >= 0.3 is 0 Å². The van der Waals surface area contributed by atoms with E-state index >= 15 is 0 Å². The van der Waals surface area contributed by atoms with Crippen LogP contribution in [0.5, 0.6) is 0 Å². The molecule has 0 saturated carbocycles. The van der Waals surface area contributed by atoms with Gasteiger partial charge < -0.3 is 5.32 Å². The third kappa shape index (κ3) is 5.34. The van der Waals surface area contributed by atoms with Gasteiger partial charge in [-0.2, -0.15) is 4.72 Å². The molecule has 2 N–H and O–H groups in total. The van der Waals surface area contributed by atoms with E-state index in [1.165, 1.54) is 0 Å². The maximum Gasteiger partial charge on any atom is 0.242 e. The summed E-state index contributed by atoms with van der Waals surface area (Å²) in [5.74, 6) is -0.406. The molecule has 30 heavy (non-hydrogen) atoms. The second-order valence-electron chi connectivity index (χ2n) is 7.45. The molecule has 0 fully saturated rings. The predicted molar refractivity (Wildman–Crippen MR) is 120 cm³/mol. The first-order valence-electron chi connectivity index (χ1n) is 9.76. The van der Waals surface area contributed by atoms with E-state index < -0.39 is 22.0 Å². The highest BCUT2D eigenvalue weighted by molar-refractivity contribution is 7.89. The molecule has 0 bridgehead atoms. The number of rotatable bonds is 7. The molecule has 1 amide bonds. The number of carbonyl (C=O) groups is 1. The zero-order valence-corrected chi connectivity index (χ0v) is 18.2. The zero-order valence-electron chi connectivity index (χ0n) is 17.3. The first-order valence-corrected chi connectivity index (χ1v) is 11.2. The number of aryl methyl sites for hydroxylation is 3. The molecular weight excluding hydrogens is 396 g/mol. The average molecular weight is 423 g/mol. The van der Waals surface area contributed by atoms with Gasteiger partial charge in [-0.3, -0.25) is 4.79 Å². The van der Waals surface area contributed by atoms with E-state index in [4.69, 9.17) is 0 Å². The van der Waals surface area contributed by atoms with Crippen molar-refractivity contribution in [3.8, 4) is 0 Å². The quantitative estimate of drug-likeness (QED) is 0.601. The van der Waals surface area contributed by atoms with Crippen LogP contribution in [0.4, 0.5) is 5.69 Å². The molecule has 0 saturated heterocycles. The molecule has 0 heterocycles. The summed E-state index contributed by atoms with van der Waals surface area (Å²) < 4.78 is 29.1. The number of carbonyl (C=O) groups excluding carboxylic acids is 1. The van der Waals surface area contributed by atoms with Gasteiger partial charge in [0.1, 0.15) is 6.04 Å². The number of amides is 1. The van der Waals surface area contributed by atoms with Gasteiger partial charge in [-0.15, -0.1) is 0 Å². The van der Waals surface area contributed by atoms with Gasteiger partial charge in [-0.05, 0) is 56.0 Å². The highest BCUT2D eigenvalue weighted by atomic mass is 32.2. The fourth-order valence-corrected chi connectivity index (χ4v) is 5.27. The fourth-order valence-electron chi connectivity index (χ4n) is 3.63. The van der Waals surface area contributed by atoms with Crippen LogP contribution in [0.1, 0.15) is 22.3 Å². The molecular formula is C24H26N2O3S. The van der Waals surface area contributed by atoms with Crippen molar-refractivity contribution in [3.05, 3.63) is 95.1 Å². The summed E-state index contributed by atoms with van der Waals surface area (Å²) >= 11 is 0. The van der Waals surface area contributed by atoms with Crippen molar-refractivity contribution in [2.75, 3.05) is 5.32 Å². The van der Waals surface area contributed by atoms with E-state index in [1.807, 2.05) is 67.6 Å². The summed E-state index contributed by atoms with van der Waals surface area (Å²) in [7, 11) is -3.91. The largest absolute Gasteiger partial charge is 0.325 e. The summed E-state index contributed by atoms with van der Waals surface area (Å²) in [5, 5.41) is 2.81. The lowest BCUT2D eigenvalue weighted by Crippen LogP contribution is -2.45. The Hall–Kier alpha value is -2.96. The Bertz CT molecular complexity index is 1100. The monoisotopic (exact) mass is 422 g/mol. The normalized spacial score (nSPS) is 12.4. The predicted octanol–water partition coefficient (Wildman–Crippen LogP) is 4.14. The Kier molecular flexibility index (Phi) is 6.70. The standard InChI is InChI=1S/C24H26N2O3S/c1-17-14-18(2)23(19(3)15-17)30(28,29)26-22(16-20-10-6-4-7-11-20)24(27)25-21-12-8-5-9-13-21/h4-15,22,26H,16H2,1-3H3,(H,25,27)/t22-/m1/s1. The van der Waals surface area contributed by atoms with Crippen molar-refractivity contribution in [2.45, 2.75) is 38.1 Å². The van der Waals surface area contributed by atoms with Crippen LogP contribution in [0, 0.1) is 20.8 Å². The number of nitrogens with one attached hydrogen (secondary N) is 2. The van der Waals surface area contributed by atoms with Crippen LogP contribution in [0.25, 0.3) is 0 Å². The Labute approximate surface area is 178 Å². The Balaban J connectivity index is 1.92. The number of benzene rings is 3. The molecule has 0 spiro atoms. The number of hydrogen-bond acceptors (Lipinski definition) is 3. The van der Waals surface area contributed by atoms with Gasteiger partial charge in [0, 0.05) is 5.69 Å². The molecule has 0 radical (unpaired) electrons. The number of hydrogen-bond donors (Lipinski definition) is 2. The second kappa shape index (κ2) is 9.24. The van der Waals surface area contributed by atoms with E-state index in [0.717, 1.165) is 11.1 Å². The molecule has 1 atom stereocenters. The first kappa shape index (κ1) is 21.7. The van der Waals surface area contributed by atoms with Crippen molar-refractivity contribution in [1.29, 1.82) is 0 Å². The molecule has 0 aliphatic rings. The van der Waals surface area contributed by atoms with Crippen molar-refractivity contribution in [2.24, 2.45) is 0 Å². The Morgan fingerprint density at radius 3 is 1.97 bits per heavy atom. The lowest BCUT2D eigenvalue weighted by molar-refractivity contribution is -0.117. The van der Waals surface area contributed by atoms with E-state index in [0.29, 0.717) is 16.8 Å². The third-order valence-corrected chi connectivity index (χ3v) is 6.59. The SMILES string of the molecule is Cc1cc(C)c(S(=O)(=O)N[C@H](Cc2ccccc2)C(=O)Nc2ccccc2)c(C)c1. The maximum absolute atomic E-state index is 13.3. The van der Waals surface area contributed by atoms with Crippen molar-refractivity contribution < 1.29 is 13.2 Å². The molecule has 156 valence electrons. The second-order valence-corrected chi connectivity index (χ2v) is 9.10. The first-order chi connectivity index (χ1) is 14.3. The van der Waals surface area contributed by atoms with Gasteiger partial charge in [-0.1, -0.05) is 66.2 Å². The topological polar surface area (TPSA) is 75.3 Å². The minimum atomic E-state index is -3.91. The lowest BCUT2D eigenvalue weighted by Gasteiger charge is -2.20. The fraction of sp³-hybridized carbons (Fsp3) is 0.208. The van der Waals surface area contributed by atoms with E-state index in [1.54, 1.807) is 26.0 Å². The van der Waals surface area contributed by atoms with Crippen LogP contribution in [0.3, 0.4) is 0 Å². The molecule has 3 aromatic rings. The highest BCUT2D eigenvalue weighted by Crippen LogP contribution is 2.22. The van der Waals surface area contributed by atoms with Crippen LogP contribution >= 0.6 is 0 Å². The summed E-state index contributed by atoms with van der Waals surface area (Å²) in [6.07, 6.45) is 0.239. The summed E-state index contributed by atoms with van der Waals surface area (Å²) in [6.45, 7) is 5.46. The van der Waals surface area contributed by atoms with Gasteiger partial charge in [-0.25, -0.2) is 8.42 Å². The van der Waals surface area contributed by atoms with E-state index in [-0.39, 0.29) is 11.3 Å². The molecule has 0 aliphatic carbocycles. The smallest absolute Gasteiger partial charge is 0.242 e. The van der Waals surface area contributed by atoms with Crippen molar-refractivity contribution >= 4 is 21.6 Å². The number of anilines is 1. The molecule has 0 unspecified atom stereocenters. The van der Waals surface area contributed by atoms with Crippen LogP contribution in [-0.2, 0) is 21.2 Å². The zero-order chi connectivity index (χ0) is 21.7. The Morgan fingerprint density at radius 1 is 0.867 bits per heavy atom. The van der Waals surface area contributed by atoms with Crippen molar-refractivity contribution in [1.82, 2.24) is 4.72 Å². The molecule has 0 aromatic heterocycles. The maximum atomic E-state index is 13.3. The van der Waals surface area contributed by atoms with Crippen LogP contribution in [0.2, 0.25) is 0 Å². The molecule has 3 aromatic carbocycles. The lowest BCUT2D eigenvalue weighted by atomic mass is 10.1. The molecule has 5 nitrogen and oxygen atoms in total. The summed E-state index contributed by atoms with van der Waals surface area (Å²) in [4.78, 5) is 13.2. The average Bonchev–Trinajstić information content (AvgIpc) is 2.68. The Morgan fingerprint density at radius 2 is 1.40 bits per heavy atom. The van der Waals surface area contributed by atoms with E-state index in [2.05, 4.69) is 10.0 Å². The summed E-state index contributed by atoms with van der Waals surface area (Å²) in [6, 6.07) is 21.1. The van der Waals surface area contributed by atoms with Crippen LogP contribution < -0.4 is 10.0 Å². The number of sulfonamides is 1. The van der Waals surface area contributed by atoms with Gasteiger partial charge in [0.25, 0.3) is 0 Å². The number of para-hydroxylation sites is 1. The van der Waals surface area contributed by atoms with Crippen LogP contribution in [-0.4, -0.2) is 20.4 Å². The van der Waals surface area contributed by atoms with Gasteiger partial charge in [0.15, 0.2) is 0 Å². The van der Waals surface area contributed by atoms with E-state index in [9.17, 15) is 13.2 Å². The summed E-state index contributed by atoms with van der Waals surface area (Å²) in [5.41, 5.74) is 3.78. The minimum absolute atomic E-state index is 0.221. The highest BCUT2D eigenvalue weighted by Gasteiger charge is 2.28. The van der Waals surface area contributed by atoms with Crippen LogP contribution in [0.15, 0.2) is 77.7 Å². The molecule has 0 aliphatic heterocycles. The van der Waals surface area contributed by atoms with Crippen molar-refractivity contribution in [3.63, 3.8) is 0 Å². The molecule has 6 heteroatoms. The van der Waals surface area contributed by atoms with Gasteiger partial charge in [0.05, 0.1) is 4.90 Å². The molecule has 3 rings (SSSR count).